The number of anilines is 1. The van der Waals surface area contributed by atoms with E-state index in [2.05, 4.69) is 5.32 Å². The van der Waals surface area contributed by atoms with Crippen LogP contribution in [0.25, 0.3) is 0 Å². The predicted molar refractivity (Wildman–Crippen MR) is 103 cm³/mol. The molecule has 2 rings (SSSR count). The van der Waals surface area contributed by atoms with E-state index >= 15 is 0 Å². The first-order chi connectivity index (χ1) is 13.3. The standard InChI is InChI=1S/C20H22N2O6/c1-4-27-15-10-11-16(17(12-15)22(25)26)21-18(23)13-28-19(24)20(2,3)14-8-6-5-7-9-14/h5-12H,4,13H2,1-3H3,(H,21,23). The van der Waals surface area contributed by atoms with Gasteiger partial charge in [-0.25, -0.2) is 0 Å². The zero-order valence-corrected chi connectivity index (χ0v) is 15.9. The molecule has 0 heterocycles. The molecule has 2 aromatic carbocycles. The molecule has 0 atom stereocenters. The van der Waals surface area contributed by atoms with Crippen molar-refractivity contribution in [2.75, 3.05) is 18.5 Å². The first-order valence-corrected chi connectivity index (χ1v) is 8.69. The molecule has 0 fully saturated rings. The second kappa shape index (κ2) is 8.98. The third kappa shape index (κ3) is 5.06. The van der Waals surface area contributed by atoms with E-state index in [1.165, 1.54) is 18.2 Å². The first-order valence-electron chi connectivity index (χ1n) is 8.69. The minimum atomic E-state index is -0.938. The van der Waals surface area contributed by atoms with Crippen LogP contribution >= 0.6 is 0 Å². The van der Waals surface area contributed by atoms with Crippen molar-refractivity contribution in [1.82, 2.24) is 0 Å². The van der Waals surface area contributed by atoms with E-state index in [9.17, 15) is 19.7 Å². The second-order valence-corrected chi connectivity index (χ2v) is 6.48. The lowest BCUT2D eigenvalue weighted by molar-refractivity contribution is -0.384. The number of nitrogens with one attached hydrogen (secondary N) is 1. The summed E-state index contributed by atoms with van der Waals surface area (Å²) in [5.41, 5.74) is -0.498. The average Bonchev–Trinajstić information content (AvgIpc) is 2.68. The van der Waals surface area contributed by atoms with Gasteiger partial charge in [-0.3, -0.25) is 19.7 Å². The molecule has 0 aromatic heterocycles. The van der Waals surface area contributed by atoms with Gasteiger partial charge in [0.15, 0.2) is 6.61 Å². The number of hydrogen-bond acceptors (Lipinski definition) is 6. The summed E-state index contributed by atoms with van der Waals surface area (Å²) in [5, 5.41) is 13.6. The number of amides is 1. The van der Waals surface area contributed by atoms with Crippen LogP contribution in [0.4, 0.5) is 11.4 Å². The minimum absolute atomic E-state index is 0.00294. The largest absolute Gasteiger partial charge is 0.494 e. The Morgan fingerprint density at radius 1 is 1.14 bits per heavy atom. The van der Waals surface area contributed by atoms with Gasteiger partial charge in [-0.15, -0.1) is 0 Å². The van der Waals surface area contributed by atoms with Crippen LogP contribution in [0.5, 0.6) is 5.75 Å². The summed E-state index contributed by atoms with van der Waals surface area (Å²) < 4.78 is 10.3. The van der Waals surface area contributed by atoms with E-state index in [4.69, 9.17) is 9.47 Å². The van der Waals surface area contributed by atoms with Crippen LogP contribution in [-0.2, 0) is 19.7 Å². The Morgan fingerprint density at radius 2 is 1.82 bits per heavy atom. The highest BCUT2D eigenvalue weighted by Gasteiger charge is 2.32. The highest BCUT2D eigenvalue weighted by atomic mass is 16.6. The Bertz CT molecular complexity index is 864. The maximum atomic E-state index is 12.4. The van der Waals surface area contributed by atoms with Crippen molar-refractivity contribution >= 4 is 23.3 Å². The summed E-state index contributed by atoms with van der Waals surface area (Å²) in [6.07, 6.45) is 0. The quantitative estimate of drug-likeness (QED) is 0.423. The molecule has 0 aliphatic carbocycles. The van der Waals surface area contributed by atoms with Crippen molar-refractivity contribution in [1.29, 1.82) is 0 Å². The fraction of sp³-hybridized carbons (Fsp3) is 0.300. The molecule has 8 heteroatoms. The molecule has 0 saturated carbocycles. The van der Waals surface area contributed by atoms with Crippen molar-refractivity contribution in [3.05, 3.63) is 64.2 Å². The van der Waals surface area contributed by atoms with Gasteiger partial charge in [0.1, 0.15) is 11.4 Å². The molecule has 28 heavy (non-hydrogen) atoms. The molecule has 0 unspecified atom stereocenters. The topological polar surface area (TPSA) is 108 Å². The maximum Gasteiger partial charge on any atom is 0.316 e. The van der Waals surface area contributed by atoms with Crippen LogP contribution in [0.15, 0.2) is 48.5 Å². The molecule has 0 saturated heterocycles. The summed E-state index contributed by atoms with van der Waals surface area (Å²) in [7, 11) is 0. The third-order valence-electron chi connectivity index (χ3n) is 4.09. The van der Waals surface area contributed by atoms with Crippen LogP contribution < -0.4 is 10.1 Å². The van der Waals surface area contributed by atoms with Gasteiger partial charge in [-0.2, -0.15) is 0 Å². The number of ether oxygens (including phenoxy) is 2. The molecule has 2 aromatic rings. The minimum Gasteiger partial charge on any atom is -0.494 e. The zero-order chi connectivity index (χ0) is 20.7. The summed E-state index contributed by atoms with van der Waals surface area (Å²) in [6, 6.07) is 13.2. The van der Waals surface area contributed by atoms with E-state index in [0.29, 0.717) is 12.4 Å². The monoisotopic (exact) mass is 386 g/mol. The normalized spacial score (nSPS) is 10.8. The highest BCUT2D eigenvalue weighted by molar-refractivity contribution is 5.95. The van der Waals surface area contributed by atoms with Crippen LogP contribution in [0.1, 0.15) is 26.3 Å². The second-order valence-electron chi connectivity index (χ2n) is 6.48. The maximum absolute atomic E-state index is 12.4. The zero-order valence-electron chi connectivity index (χ0n) is 15.9. The van der Waals surface area contributed by atoms with Gasteiger partial charge in [0.2, 0.25) is 0 Å². The van der Waals surface area contributed by atoms with Crippen molar-refractivity contribution in [2.45, 2.75) is 26.2 Å². The number of esters is 1. The molecular formula is C20H22N2O6. The van der Waals surface area contributed by atoms with Gasteiger partial charge in [-0.05, 0) is 38.5 Å². The number of carbonyl (C=O) groups is 2. The number of nitrogens with zero attached hydrogens (tertiary/aromatic N) is 1. The lowest BCUT2D eigenvalue weighted by atomic mass is 9.85. The Balaban J connectivity index is 2.02. The van der Waals surface area contributed by atoms with Crippen molar-refractivity contribution in [3.8, 4) is 5.75 Å². The van der Waals surface area contributed by atoms with Gasteiger partial charge in [-0.1, -0.05) is 30.3 Å². The van der Waals surface area contributed by atoms with E-state index in [-0.39, 0.29) is 11.4 Å². The molecule has 1 N–H and O–H groups in total. The first kappa shape index (κ1) is 20.9. The Morgan fingerprint density at radius 3 is 2.43 bits per heavy atom. The van der Waals surface area contributed by atoms with Gasteiger partial charge >= 0.3 is 5.97 Å². The number of nitro groups is 1. The molecule has 0 aliphatic heterocycles. The third-order valence-corrected chi connectivity index (χ3v) is 4.09. The molecule has 148 valence electrons. The Kier molecular flexibility index (Phi) is 6.70. The molecule has 0 bridgehead atoms. The van der Waals surface area contributed by atoms with Crippen molar-refractivity contribution < 1.29 is 24.0 Å². The van der Waals surface area contributed by atoms with E-state index in [1.807, 2.05) is 18.2 Å². The number of nitro benzene ring substituents is 1. The molecule has 0 radical (unpaired) electrons. The summed E-state index contributed by atoms with van der Waals surface area (Å²) >= 11 is 0. The Hall–Kier alpha value is -3.42. The number of hydrogen-bond donors (Lipinski definition) is 1. The summed E-state index contributed by atoms with van der Waals surface area (Å²) in [4.78, 5) is 35.1. The van der Waals surface area contributed by atoms with E-state index < -0.39 is 28.8 Å². The molecular weight excluding hydrogens is 364 g/mol. The average molecular weight is 386 g/mol. The van der Waals surface area contributed by atoms with Crippen LogP contribution in [0, 0.1) is 10.1 Å². The van der Waals surface area contributed by atoms with Crippen LogP contribution in [0.2, 0.25) is 0 Å². The van der Waals surface area contributed by atoms with Crippen molar-refractivity contribution in [2.24, 2.45) is 0 Å². The summed E-state index contributed by atoms with van der Waals surface area (Å²) in [6.45, 7) is 4.95. The van der Waals surface area contributed by atoms with Gasteiger partial charge in [0.25, 0.3) is 11.6 Å². The highest BCUT2D eigenvalue weighted by Crippen LogP contribution is 2.29. The molecule has 1 amide bonds. The predicted octanol–water partition coefficient (Wildman–Crippen LogP) is 3.45. The van der Waals surface area contributed by atoms with Gasteiger partial charge < -0.3 is 14.8 Å². The van der Waals surface area contributed by atoms with E-state index in [1.54, 1.807) is 32.9 Å². The van der Waals surface area contributed by atoms with Gasteiger partial charge in [0, 0.05) is 0 Å². The molecule has 0 aliphatic rings. The smallest absolute Gasteiger partial charge is 0.316 e. The molecule has 0 spiro atoms. The SMILES string of the molecule is CCOc1ccc(NC(=O)COC(=O)C(C)(C)c2ccccc2)c([N+](=O)[O-])c1. The lowest BCUT2D eigenvalue weighted by Gasteiger charge is -2.22. The van der Waals surface area contributed by atoms with Crippen molar-refractivity contribution in [3.63, 3.8) is 0 Å². The molecule has 8 nitrogen and oxygen atoms in total. The van der Waals surface area contributed by atoms with Gasteiger partial charge in [0.05, 0.1) is 23.0 Å². The Labute approximate surface area is 162 Å². The van der Waals surface area contributed by atoms with Crippen LogP contribution in [0.3, 0.4) is 0 Å². The lowest BCUT2D eigenvalue weighted by Crippen LogP contribution is -2.33. The fourth-order valence-corrected chi connectivity index (χ4v) is 2.50. The fourth-order valence-electron chi connectivity index (χ4n) is 2.50. The van der Waals surface area contributed by atoms with E-state index in [0.717, 1.165) is 5.56 Å². The number of benzene rings is 2. The number of rotatable bonds is 8. The van der Waals surface area contributed by atoms with Crippen LogP contribution in [-0.4, -0.2) is 30.0 Å². The number of carbonyl (C=O) groups excluding carboxylic acids is 2. The summed E-state index contributed by atoms with van der Waals surface area (Å²) in [5.74, 6) is -0.928.